The molecular weight excluding hydrogens is 395 g/mol. The summed E-state index contributed by atoms with van der Waals surface area (Å²) >= 11 is 12.6. The number of benzene rings is 2. The number of amidine groups is 1. The lowest BCUT2D eigenvalue weighted by atomic mass is 10.2. The minimum atomic E-state index is -0.0485. The predicted molar refractivity (Wildman–Crippen MR) is 84.4 cm³/mol. The molecule has 3 N–H and O–H groups in total. The zero-order chi connectivity index (χ0) is 14.0. The molecule has 0 amide bonds. The number of nitrogens with one attached hydrogen (secondary N) is 1. The Morgan fingerprint density at radius 2 is 1.84 bits per heavy atom. The van der Waals surface area contributed by atoms with Crippen LogP contribution in [0.25, 0.3) is 0 Å². The SMILES string of the molecule is N=C(N)c1ccc(Br)cc1Oc1ccc(Cl)cc1Br. The highest BCUT2D eigenvalue weighted by Gasteiger charge is 2.10. The molecule has 19 heavy (non-hydrogen) atoms. The van der Waals surface area contributed by atoms with Gasteiger partial charge < -0.3 is 10.5 Å². The molecule has 0 saturated heterocycles. The Balaban J connectivity index is 2.42. The standard InChI is InChI=1S/C13H9Br2ClN2O/c14-7-1-3-9(13(17)18)12(5-7)19-11-4-2-8(16)6-10(11)15/h1-6H,(H3,17,18). The first-order valence-electron chi connectivity index (χ1n) is 5.24. The van der Waals surface area contributed by atoms with Gasteiger partial charge in [0.2, 0.25) is 0 Å². The van der Waals surface area contributed by atoms with Gasteiger partial charge in [0, 0.05) is 9.50 Å². The van der Waals surface area contributed by atoms with Crippen molar-refractivity contribution in [2.24, 2.45) is 5.73 Å². The van der Waals surface area contributed by atoms with Crippen molar-refractivity contribution in [3.05, 3.63) is 55.9 Å². The van der Waals surface area contributed by atoms with Crippen molar-refractivity contribution < 1.29 is 4.74 Å². The largest absolute Gasteiger partial charge is 0.455 e. The Labute approximate surface area is 132 Å². The van der Waals surface area contributed by atoms with E-state index in [0.717, 1.165) is 8.95 Å². The Bertz CT molecular complexity index is 647. The molecule has 0 unspecified atom stereocenters. The lowest BCUT2D eigenvalue weighted by Crippen LogP contribution is -2.12. The van der Waals surface area contributed by atoms with Crippen LogP contribution in [0, 0.1) is 5.41 Å². The van der Waals surface area contributed by atoms with Gasteiger partial charge in [0.1, 0.15) is 17.3 Å². The summed E-state index contributed by atoms with van der Waals surface area (Å²) in [5, 5.41) is 8.16. The highest BCUT2D eigenvalue weighted by atomic mass is 79.9. The van der Waals surface area contributed by atoms with Crippen LogP contribution in [0.1, 0.15) is 5.56 Å². The van der Waals surface area contributed by atoms with Crippen LogP contribution < -0.4 is 10.5 Å². The molecule has 0 radical (unpaired) electrons. The van der Waals surface area contributed by atoms with E-state index in [1.807, 2.05) is 0 Å². The van der Waals surface area contributed by atoms with Gasteiger partial charge in [-0.1, -0.05) is 27.5 Å². The summed E-state index contributed by atoms with van der Waals surface area (Å²) in [6.07, 6.45) is 0. The van der Waals surface area contributed by atoms with Crippen molar-refractivity contribution in [1.82, 2.24) is 0 Å². The van der Waals surface area contributed by atoms with Crippen LogP contribution in [-0.4, -0.2) is 5.84 Å². The maximum atomic E-state index is 7.55. The molecule has 2 rings (SSSR count). The topological polar surface area (TPSA) is 59.1 Å². The summed E-state index contributed by atoms with van der Waals surface area (Å²) in [6, 6.07) is 10.5. The smallest absolute Gasteiger partial charge is 0.141 e. The highest BCUT2D eigenvalue weighted by Crippen LogP contribution is 2.34. The molecule has 0 bridgehead atoms. The Morgan fingerprint density at radius 1 is 1.11 bits per heavy atom. The second kappa shape index (κ2) is 5.94. The van der Waals surface area contributed by atoms with Crippen LogP contribution in [0.2, 0.25) is 5.02 Å². The van der Waals surface area contributed by atoms with E-state index in [0.29, 0.717) is 22.1 Å². The molecule has 0 spiro atoms. The molecule has 0 aliphatic carbocycles. The molecule has 2 aromatic rings. The van der Waals surface area contributed by atoms with Crippen LogP contribution in [0.15, 0.2) is 45.3 Å². The van der Waals surface area contributed by atoms with Crippen LogP contribution in [-0.2, 0) is 0 Å². The van der Waals surface area contributed by atoms with E-state index in [-0.39, 0.29) is 5.84 Å². The summed E-state index contributed by atoms with van der Waals surface area (Å²) in [6.45, 7) is 0. The van der Waals surface area contributed by atoms with Gasteiger partial charge in [-0.05, 0) is 52.3 Å². The average Bonchev–Trinajstić information content (AvgIpc) is 2.32. The van der Waals surface area contributed by atoms with E-state index < -0.39 is 0 Å². The lowest BCUT2D eigenvalue weighted by molar-refractivity contribution is 0.478. The summed E-state index contributed by atoms with van der Waals surface area (Å²) in [7, 11) is 0. The van der Waals surface area contributed by atoms with Crippen LogP contribution >= 0.6 is 43.5 Å². The van der Waals surface area contributed by atoms with Crippen molar-refractivity contribution in [1.29, 1.82) is 5.41 Å². The molecule has 0 aliphatic heterocycles. The van der Waals surface area contributed by atoms with Gasteiger partial charge >= 0.3 is 0 Å². The fraction of sp³-hybridized carbons (Fsp3) is 0. The third-order valence-corrected chi connectivity index (χ3v) is 3.70. The van der Waals surface area contributed by atoms with Crippen molar-refractivity contribution in [3.8, 4) is 11.5 Å². The lowest BCUT2D eigenvalue weighted by Gasteiger charge is -2.12. The Hall–Kier alpha value is -1.04. The Morgan fingerprint density at radius 3 is 2.47 bits per heavy atom. The molecule has 3 nitrogen and oxygen atoms in total. The maximum Gasteiger partial charge on any atom is 0.141 e. The molecule has 6 heteroatoms. The Kier molecular flexibility index (Phi) is 4.50. The summed E-state index contributed by atoms with van der Waals surface area (Å²) < 4.78 is 7.36. The second-order valence-corrected chi connectivity index (χ2v) is 5.94. The van der Waals surface area contributed by atoms with E-state index in [4.69, 9.17) is 27.5 Å². The fourth-order valence-electron chi connectivity index (χ4n) is 1.48. The van der Waals surface area contributed by atoms with Crippen molar-refractivity contribution >= 4 is 49.3 Å². The molecule has 0 heterocycles. The van der Waals surface area contributed by atoms with Gasteiger partial charge in [0.25, 0.3) is 0 Å². The van der Waals surface area contributed by atoms with Gasteiger partial charge in [-0.2, -0.15) is 0 Å². The van der Waals surface area contributed by atoms with Crippen molar-refractivity contribution in [3.63, 3.8) is 0 Å². The first kappa shape index (κ1) is 14.4. The molecule has 0 fully saturated rings. The molecule has 0 aromatic heterocycles. The molecular formula is C13H9Br2ClN2O. The number of ether oxygens (including phenoxy) is 1. The van der Waals surface area contributed by atoms with Gasteiger partial charge in [0.05, 0.1) is 10.0 Å². The van der Waals surface area contributed by atoms with Crippen LogP contribution in [0.4, 0.5) is 0 Å². The molecule has 0 atom stereocenters. The quantitative estimate of drug-likeness (QED) is 0.562. The summed E-state index contributed by atoms with van der Waals surface area (Å²) in [5.74, 6) is 1.06. The van der Waals surface area contributed by atoms with Crippen LogP contribution in [0.3, 0.4) is 0 Å². The minimum absolute atomic E-state index is 0.0485. The molecule has 0 aliphatic rings. The normalized spacial score (nSPS) is 10.3. The minimum Gasteiger partial charge on any atom is -0.455 e. The maximum absolute atomic E-state index is 7.55. The number of nitrogens with two attached hydrogens (primary N) is 1. The van der Waals surface area contributed by atoms with Gasteiger partial charge in [-0.25, -0.2) is 0 Å². The molecule has 2 aromatic carbocycles. The van der Waals surface area contributed by atoms with Gasteiger partial charge in [0.15, 0.2) is 0 Å². The predicted octanol–water partition coefficient (Wildman–Crippen LogP) is 4.94. The summed E-state index contributed by atoms with van der Waals surface area (Å²) in [4.78, 5) is 0. The zero-order valence-corrected chi connectivity index (χ0v) is 13.5. The van der Waals surface area contributed by atoms with E-state index in [1.54, 1.807) is 36.4 Å². The first-order valence-corrected chi connectivity index (χ1v) is 7.20. The first-order chi connectivity index (χ1) is 8.97. The highest BCUT2D eigenvalue weighted by molar-refractivity contribution is 9.10. The van der Waals surface area contributed by atoms with Crippen molar-refractivity contribution in [2.75, 3.05) is 0 Å². The average molecular weight is 404 g/mol. The monoisotopic (exact) mass is 402 g/mol. The molecule has 0 saturated carbocycles. The number of hydrogen-bond acceptors (Lipinski definition) is 2. The fourth-order valence-corrected chi connectivity index (χ4v) is 2.58. The van der Waals surface area contributed by atoms with Gasteiger partial charge in [-0.3, -0.25) is 5.41 Å². The number of nitrogen functional groups attached to an aromatic ring is 1. The van der Waals surface area contributed by atoms with Gasteiger partial charge in [-0.15, -0.1) is 0 Å². The van der Waals surface area contributed by atoms with E-state index in [9.17, 15) is 0 Å². The van der Waals surface area contributed by atoms with Crippen molar-refractivity contribution in [2.45, 2.75) is 0 Å². The number of rotatable bonds is 3. The molecule has 98 valence electrons. The van der Waals surface area contributed by atoms with E-state index >= 15 is 0 Å². The number of hydrogen-bond donors (Lipinski definition) is 2. The van der Waals surface area contributed by atoms with E-state index in [1.165, 1.54) is 0 Å². The third-order valence-electron chi connectivity index (χ3n) is 2.35. The second-order valence-electron chi connectivity index (χ2n) is 3.73. The van der Waals surface area contributed by atoms with E-state index in [2.05, 4.69) is 31.9 Å². The third kappa shape index (κ3) is 3.49. The number of halogens is 3. The zero-order valence-electron chi connectivity index (χ0n) is 9.58. The van der Waals surface area contributed by atoms with Crippen LogP contribution in [0.5, 0.6) is 11.5 Å². The summed E-state index contributed by atoms with van der Waals surface area (Å²) in [5.41, 5.74) is 6.07.